The third-order valence-corrected chi connectivity index (χ3v) is 7.34. The normalized spacial score (nSPS) is 14.1. The van der Waals surface area contributed by atoms with E-state index < -0.39 is 11.8 Å². The maximum absolute atomic E-state index is 14.3. The zero-order valence-electron chi connectivity index (χ0n) is 20.7. The van der Waals surface area contributed by atoms with Gasteiger partial charge in [-0.1, -0.05) is 30.3 Å². The van der Waals surface area contributed by atoms with Crippen LogP contribution in [0.3, 0.4) is 0 Å². The number of halogens is 2. The zero-order valence-corrected chi connectivity index (χ0v) is 22.3. The molecule has 0 radical (unpaired) electrons. The average Bonchev–Trinajstić information content (AvgIpc) is 2.93. The van der Waals surface area contributed by atoms with Crippen LogP contribution in [0.4, 0.5) is 10.2 Å². The summed E-state index contributed by atoms with van der Waals surface area (Å²) in [6.45, 7) is 3.77. The zero-order chi connectivity index (χ0) is 27.2. The number of piperidine rings is 1. The van der Waals surface area contributed by atoms with Crippen molar-refractivity contribution in [3.63, 3.8) is 0 Å². The average molecular weight is 574 g/mol. The molecule has 0 aliphatic carbocycles. The van der Waals surface area contributed by atoms with Crippen LogP contribution in [0, 0.1) is 28.5 Å². The first kappa shape index (κ1) is 27.0. The van der Waals surface area contributed by atoms with E-state index >= 15 is 0 Å². The van der Waals surface area contributed by atoms with Crippen LogP contribution in [-0.4, -0.2) is 35.2 Å². The fourth-order valence-electron chi connectivity index (χ4n) is 4.32. The van der Waals surface area contributed by atoms with Gasteiger partial charge in [-0.25, -0.2) is 14.2 Å². The van der Waals surface area contributed by atoms with Crippen LogP contribution >= 0.6 is 15.9 Å². The van der Waals surface area contributed by atoms with Gasteiger partial charge in [0.2, 0.25) is 0 Å². The number of carbonyl (C=O) groups is 1. The summed E-state index contributed by atoms with van der Waals surface area (Å²) < 4.78 is 14.8. The molecule has 1 aliphatic rings. The fraction of sp³-hybridized carbons (Fsp3) is 0.241. The van der Waals surface area contributed by atoms with Crippen molar-refractivity contribution in [2.24, 2.45) is 0 Å². The Morgan fingerprint density at radius 2 is 1.84 bits per heavy atom. The van der Waals surface area contributed by atoms with E-state index in [1.54, 1.807) is 25.1 Å². The van der Waals surface area contributed by atoms with Crippen LogP contribution in [0.15, 0.2) is 58.6 Å². The molecule has 0 spiro atoms. The maximum Gasteiger partial charge on any atom is 0.331 e. The second-order valence-corrected chi connectivity index (χ2v) is 9.92. The molecule has 1 fully saturated rings. The van der Waals surface area contributed by atoms with Crippen molar-refractivity contribution in [1.29, 1.82) is 10.5 Å². The summed E-state index contributed by atoms with van der Waals surface area (Å²) >= 11 is 3.44. The number of hydrogen-bond acceptors (Lipinski definition) is 6. The van der Waals surface area contributed by atoms with E-state index in [1.165, 1.54) is 12.1 Å². The molecule has 0 saturated carbocycles. The third-order valence-electron chi connectivity index (χ3n) is 6.54. The number of anilines is 1. The number of carboxylic acids is 1. The summed E-state index contributed by atoms with van der Waals surface area (Å²) in [6.07, 6.45) is 3.42. The van der Waals surface area contributed by atoms with Crippen molar-refractivity contribution >= 4 is 33.8 Å². The first-order valence-corrected chi connectivity index (χ1v) is 12.9. The van der Waals surface area contributed by atoms with Crippen molar-refractivity contribution < 1.29 is 14.3 Å². The van der Waals surface area contributed by atoms with E-state index in [4.69, 9.17) is 15.4 Å². The molecular formula is C29H25BrFN5O2. The molecule has 192 valence electrons. The summed E-state index contributed by atoms with van der Waals surface area (Å²) in [5.41, 5.74) is 3.57. The van der Waals surface area contributed by atoms with Gasteiger partial charge in [-0.15, -0.1) is 0 Å². The fourth-order valence-corrected chi connectivity index (χ4v) is 4.84. The third kappa shape index (κ3) is 6.25. The topological polar surface area (TPSA) is 113 Å². The highest BCUT2D eigenvalue weighted by Crippen LogP contribution is 2.33. The number of benzene rings is 2. The second-order valence-electron chi connectivity index (χ2n) is 9.13. The van der Waals surface area contributed by atoms with Gasteiger partial charge in [-0.3, -0.25) is 0 Å². The van der Waals surface area contributed by atoms with E-state index in [2.05, 4.69) is 32.2 Å². The highest BCUT2D eigenvalue weighted by Gasteiger charge is 2.22. The first-order valence-electron chi connectivity index (χ1n) is 12.1. The standard InChI is InChI=1S/C29H25BrFN5O2/c1-18(29(37)38)12-19-2-4-20(5-3-19)17-34-24-8-10-36(11-9-24)26-14-23(16-33)27(30)28(35-26)21-6-7-22(15-32)25(31)13-21/h2-7,12-14,24,34H,8-11,17H2,1H3,(H,37,38)/b18-12+. The number of carboxylic acid groups (broad SMARTS) is 1. The van der Waals surface area contributed by atoms with Gasteiger partial charge >= 0.3 is 5.97 Å². The first-order chi connectivity index (χ1) is 18.3. The Kier molecular flexibility index (Phi) is 8.52. The summed E-state index contributed by atoms with van der Waals surface area (Å²) in [5, 5.41) is 31.3. The molecule has 1 saturated heterocycles. The van der Waals surface area contributed by atoms with Crippen molar-refractivity contribution in [3.8, 4) is 23.4 Å². The number of nitriles is 2. The lowest BCUT2D eigenvalue weighted by atomic mass is 10.0. The highest BCUT2D eigenvalue weighted by atomic mass is 79.9. The molecule has 2 N–H and O–H groups in total. The largest absolute Gasteiger partial charge is 0.478 e. The summed E-state index contributed by atoms with van der Waals surface area (Å²) in [6, 6.07) is 18.2. The van der Waals surface area contributed by atoms with Crippen LogP contribution in [0.25, 0.3) is 17.3 Å². The Morgan fingerprint density at radius 1 is 1.16 bits per heavy atom. The van der Waals surface area contributed by atoms with Crippen molar-refractivity contribution in [3.05, 3.63) is 86.6 Å². The highest BCUT2D eigenvalue weighted by molar-refractivity contribution is 9.10. The lowest BCUT2D eigenvalue weighted by Crippen LogP contribution is -2.42. The molecule has 9 heteroatoms. The van der Waals surface area contributed by atoms with Crippen LogP contribution in [0.5, 0.6) is 0 Å². The Balaban J connectivity index is 1.41. The summed E-state index contributed by atoms with van der Waals surface area (Å²) in [5.74, 6) is -0.900. The molecule has 38 heavy (non-hydrogen) atoms. The number of rotatable bonds is 7. The molecular weight excluding hydrogens is 549 g/mol. The monoisotopic (exact) mass is 573 g/mol. The maximum atomic E-state index is 14.3. The van der Waals surface area contributed by atoms with Crippen molar-refractivity contribution in [2.75, 3.05) is 18.0 Å². The van der Waals surface area contributed by atoms with E-state index in [0.717, 1.165) is 37.1 Å². The number of nitrogens with one attached hydrogen (secondary N) is 1. The Labute approximate surface area is 229 Å². The summed E-state index contributed by atoms with van der Waals surface area (Å²) in [4.78, 5) is 17.9. The van der Waals surface area contributed by atoms with Gasteiger partial charge in [-0.05, 0) is 71.1 Å². The van der Waals surface area contributed by atoms with Gasteiger partial charge in [0.1, 0.15) is 23.8 Å². The molecule has 3 aromatic rings. The Bertz CT molecular complexity index is 1470. The van der Waals surface area contributed by atoms with Gasteiger partial charge in [0.05, 0.1) is 21.3 Å². The van der Waals surface area contributed by atoms with Crippen LogP contribution in [-0.2, 0) is 11.3 Å². The predicted molar refractivity (Wildman–Crippen MR) is 147 cm³/mol. The molecule has 1 aromatic heterocycles. The molecule has 2 heterocycles. The molecule has 0 unspecified atom stereocenters. The smallest absolute Gasteiger partial charge is 0.331 e. The molecule has 2 aromatic carbocycles. The van der Waals surface area contributed by atoms with Crippen molar-refractivity contribution in [2.45, 2.75) is 32.4 Å². The second kappa shape index (κ2) is 12.0. The lowest BCUT2D eigenvalue weighted by molar-refractivity contribution is -0.132. The van der Waals surface area contributed by atoms with Gasteiger partial charge in [0, 0.05) is 36.8 Å². The van der Waals surface area contributed by atoms with E-state index in [9.17, 15) is 14.4 Å². The summed E-state index contributed by atoms with van der Waals surface area (Å²) in [7, 11) is 0. The number of hydrogen-bond donors (Lipinski definition) is 2. The van der Waals surface area contributed by atoms with Crippen LogP contribution in [0.1, 0.15) is 42.0 Å². The van der Waals surface area contributed by atoms with Crippen LogP contribution < -0.4 is 10.2 Å². The molecule has 7 nitrogen and oxygen atoms in total. The SMILES string of the molecule is C/C(=C\c1ccc(CNC2CCN(c3cc(C#N)c(Br)c(-c4ccc(C#N)c(F)c4)n3)CC2)cc1)C(=O)O. The van der Waals surface area contributed by atoms with E-state index in [1.807, 2.05) is 30.3 Å². The molecule has 0 bridgehead atoms. The lowest BCUT2D eigenvalue weighted by Gasteiger charge is -2.33. The van der Waals surface area contributed by atoms with Gasteiger partial charge in [-0.2, -0.15) is 10.5 Å². The Morgan fingerprint density at radius 3 is 2.45 bits per heavy atom. The number of aromatic nitrogens is 1. The number of nitrogens with zero attached hydrogens (tertiary/aromatic N) is 4. The van der Waals surface area contributed by atoms with E-state index in [0.29, 0.717) is 45.3 Å². The number of pyridine rings is 1. The number of aliphatic carboxylic acids is 1. The minimum absolute atomic E-state index is 0.0443. The molecule has 0 amide bonds. The molecule has 0 atom stereocenters. The van der Waals surface area contributed by atoms with Gasteiger partial charge < -0.3 is 15.3 Å². The van der Waals surface area contributed by atoms with Crippen LogP contribution in [0.2, 0.25) is 0 Å². The quantitative estimate of drug-likeness (QED) is 0.351. The van der Waals surface area contributed by atoms with Gasteiger partial charge in [0.25, 0.3) is 0 Å². The van der Waals surface area contributed by atoms with Gasteiger partial charge in [0.15, 0.2) is 0 Å². The van der Waals surface area contributed by atoms with E-state index in [-0.39, 0.29) is 5.56 Å². The Hall–Kier alpha value is -4.05. The van der Waals surface area contributed by atoms with Crippen molar-refractivity contribution in [1.82, 2.24) is 10.3 Å². The minimum atomic E-state index is -0.927. The minimum Gasteiger partial charge on any atom is -0.478 e. The predicted octanol–water partition coefficient (Wildman–Crippen LogP) is 5.64. The molecule has 4 rings (SSSR count). The molecule has 1 aliphatic heterocycles.